The van der Waals surface area contributed by atoms with Gasteiger partial charge >= 0.3 is 0 Å². The number of rotatable bonds is 5. The lowest BCUT2D eigenvalue weighted by Gasteiger charge is -2.45. The Hall–Kier alpha value is -0.0162. The summed E-state index contributed by atoms with van der Waals surface area (Å²) in [5.74, 6) is -0.305. The maximum Gasteiger partial charge on any atom is 0.193 e. The molecule has 1 aliphatic rings. The zero-order chi connectivity index (χ0) is 19.8. The van der Waals surface area contributed by atoms with Crippen LogP contribution in [0.15, 0.2) is 0 Å². The molecule has 0 heterocycles. The van der Waals surface area contributed by atoms with Crippen LogP contribution in [-0.2, 0) is 13.6 Å². The molecule has 0 aliphatic heterocycles. The highest BCUT2D eigenvalue weighted by atomic mass is 28.4. The molecule has 148 valence electrons. The van der Waals surface area contributed by atoms with Crippen molar-refractivity contribution in [1.29, 1.82) is 0 Å². The van der Waals surface area contributed by atoms with Crippen molar-refractivity contribution in [3.63, 3.8) is 0 Å². The van der Waals surface area contributed by atoms with E-state index < -0.39 is 22.7 Å². The van der Waals surface area contributed by atoms with Gasteiger partial charge in [0.1, 0.15) is 6.10 Å². The third-order valence-electron chi connectivity index (χ3n) is 6.48. The smallest absolute Gasteiger partial charge is 0.193 e. The maximum atomic E-state index is 12.8. The van der Waals surface area contributed by atoms with Gasteiger partial charge < -0.3 is 14.0 Å². The van der Waals surface area contributed by atoms with E-state index >= 15 is 0 Å². The molecule has 0 unspecified atom stereocenters. The summed E-state index contributed by atoms with van der Waals surface area (Å²) in [6.45, 7) is 21.9. The summed E-state index contributed by atoms with van der Waals surface area (Å²) in [7, 11) is -3.97. The second kappa shape index (κ2) is 7.54. The van der Waals surface area contributed by atoms with Crippen LogP contribution in [0.4, 0.5) is 0 Å². The van der Waals surface area contributed by atoms with Gasteiger partial charge in [0.15, 0.2) is 22.4 Å². The largest absolute Gasteiger partial charge is 0.414 e. The number of hydrogen-bond donors (Lipinski definition) is 1. The van der Waals surface area contributed by atoms with Crippen molar-refractivity contribution in [2.75, 3.05) is 6.61 Å². The highest BCUT2D eigenvalue weighted by Gasteiger charge is 2.47. The number of ketones is 1. The fourth-order valence-corrected chi connectivity index (χ4v) is 5.30. The van der Waals surface area contributed by atoms with Crippen molar-refractivity contribution in [1.82, 2.24) is 0 Å². The minimum Gasteiger partial charge on any atom is -0.414 e. The van der Waals surface area contributed by atoms with Gasteiger partial charge in [0, 0.05) is 18.4 Å². The number of carbonyl (C=O) groups excluding carboxylic acids is 1. The fourth-order valence-electron chi connectivity index (χ4n) is 2.64. The minimum absolute atomic E-state index is 0.00879. The number of Topliss-reactive ketones (excluding diaryl/α,β-unsaturated/α-hetero) is 1. The Labute approximate surface area is 156 Å². The SMILES string of the molecule is CC(C)(C)[Si](C)(C)O[C@@H]1C[C@H](CO)C(=O)[C@@H](O[Si](C)(C)C(C)(C)C)C1. The molecular weight excluding hydrogens is 348 g/mol. The molecule has 0 bridgehead atoms. The van der Waals surface area contributed by atoms with Gasteiger partial charge in [0.2, 0.25) is 0 Å². The number of aliphatic hydroxyl groups excluding tert-OH is 1. The Balaban J connectivity index is 2.98. The lowest BCUT2D eigenvalue weighted by atomic mass is 9.85. The van der Waals surface area contributed by atoms with E-state index in [0.29, 0.717) is 12.8 Å². The van der Waals surface area contributed by atoms with Gasteiger partial charge in [-0.2, -0.15) is 0 Å². The molecule has 0 saturated heterocycles. The van der Waals surface area contributed by atoms with E-state index in [2.05, 4.69) is 67.7 Å². The first-order valence-corrected chi connectivity index (χ1v) is 15.3. The standard InChI is InChI=1S/C19H40O4Si2/c1-18(2,3)24(7,8)22-15-11-14(13-20)17(21)16(12-15)23-25(9,10)19(4,5)6/h14-16,20H,11-13H2,1-10H3/t14-,15-,16+/m1/s1. The van der Waals surface area contributed by atoms with Crippen molar-refractivity contribution in [2.45, 2.75) is 103 Å². The van der Waals surface area contributed by atoms with Crippen LogP contribution in [0.3, 0.4) is 0 Å². The number of aliphatic hydroxyl groups is 1. The van der Waals surface area contributed by atoms with Gasteiger partial charge in [0.25, 0.3) is 0 Å². The average molecular weight is 389 g/mol. The lowest BCUT2D eigenvalue weighted by Crippen LogP contribution is -2.53. The molecule has 1 rings (SSSR count). The Bertz CT molecular complexity index is 475. The quantitative estimate of drug-likeness (QED) is 0.691. The van der Waals surface area contributed by atoms with E-state index in [1.54, 1.807) is 0 Å². The zero-order valence-corrected chi connectivity index (χ0v) is 20.0. The van der Waals surface area contributed by atoms with E-state index in [-0.39, 0.29) is 34.5 Å². The summed E-state index contributed by atoms with van der Waals surface area (Å²) in [5.41, 5.74) is 0. The molecule has 4 nitrogen and oxygen atoms in total. The van der Waals surface area contributed by atoms with Crippen LogP contribution in [-0.4, -0.2) is 46.3 Å². The van der Waals surface area contributed by atoms with Gasteiger partial charge in [-0.15, -0.1) is 0 Å². The van der Waals surface area contributed by atoms with Crippen LogP contribution in [0.25, 0.3) is 0 Å². The van der Waals surface area contributed by atoms with Crippen LogP contribution >= 0.6 is 0 Å². The van der Waals surface area contributed by atoms with Crippen LogP contribution in [0.2, 0.25) is 36.3 Å². The number of carbonyl (C=O) groups is 1. The molecule has 0 radical (unpaired) electrons. The van der Waals surface area contributed by atoms with E-state index in [1.165, 1.54) is 0 Å². The predicted octanol–water partition coefficient (Wildman–Crippen LogP) is 4.74. The highest BCUT2D eigenvalue weighted by Crippen LogP contribution is 2.42. The van der Waals surface area contributed by atoms with Gasteiger partial charge in [-0.25, -0.2) is 0 Å². The van der Waals surface area contributed by atoms with Crippen molar-refractivity contribution in [2.24, 2.45) is 5.92 Å². The Morgan fingerprint density at radius 1 is 0.920 bits per heavy atom. The van der Waals surface area contributed by atoms with Crippen LogP contribution in [0.5, 0.6) is 0 Å². The molecule has 25 heavy (non-hydrogen) atoms. The molecule has 0 aromatic heterocycles. The van der Waals surface area contributed by atoms with E-state index in [4.69, 9.17) is 8.85 Å². The molecule has 6 heteroatoms. The molecule has 1 aliphatic carbocycles. The first kappa shape index (κ1) is 23.0. The topological polar surface area (TPSA) is 55.8 Å². The van der Waals surface area contributed by atoms with Crippen LogP contribution in [0.1, 0.15) is 54.4 Å². The molecule has 1 fully saturated rings. The second-order valence-corrected chi connectivity index (χ2v) is 20.1. The summed E-state index contributed by atoms with van der Waals surface area (Å²) >= 11 is 0. The first-order valence-electron chi connectivity index (χ1n) is 9.52. The van der Waals surface area contributed by atoms with Crippen molar-refractivity contribution < 1.29 is 18.8 Å². The predicted molar refractivity (Wildman–Crippen MR) is 109 cm³/mol. The summed E-state index contributed by atoms with van der Waals surface area (Å²) < 4.78 is 13.0. The van der Waals surface area contributed by atoms with Gasteiger partial charge in [-0.05, 0) is 42.7 Å². The van der Waals surface area contributed by atoms with E-state index in [9.17, 15) is 9.90 Å². The molecule has 0 spiro atoms. The third-order valence-corrected chi connectivity index (χ3v) is 15.5. The third kappa shape index (κ3) is 5.48. The second-order valence-electron chi connectivity index (χ2n) is 10.6. The molecule has 0 amide bonds. The van der Waals surface area contributed by atoms with Gasteiger partial charge in [-0.3, -0.25) is 4.79 Å². The minimum atomic E-state index is -2.05. The van der Waals surface area contributed by atoms with Crippen molar-refractivity contribution in [3.8, 4) is 0 Å². The Morgan fingerprint density at radius 2 is 1.36 bits per heavy atom. The maximum absolute atomic E-state index is 12.8. The summed E-state index contributed by atoms with van der Waals surface area (Å²) in [6.07, 6.45) is 0.778. The normalized spacial score (nSPS) is 26.8. The van der Waals surface area contributed by atoms with Crippen LogP contribution < -0.4 is 0 Å². The Morgan fingerprint density at radius 3 is 1.76 bits per heavy atom. The van der Waals surface area contributed by atoms with Crippen molar-refractivity contribution >= 4 is 22.4 Å². The summed E-state index contributed by atoms with van der Waals surface area (Å²) in [6, 6.07) is 0. The van der Waals surface area contributed by atoms with Crippen LogP contribution in [0, 0.1) is 5.92 Å². The Kier molecular flexibility index (Phi) is 6.95. The molecule has 3 atom stereocenters. The van der Waals surface area contributed by atoms with E-state index in [1.807, 2.05) is 0 Å². The van der Waals surface area contributed by atoms with E-state index in [0.717, 1.165) is 0 Å². The zero-order valence-electron chi connectivity index (χ0n) is 18.0. The lowest BCUT2D eigenvalue weighted by molar-refractivity contribution is -0.138. The molecule has 0 aromatic carbocycles. The average Bonchev–Trinajstić information content (AvgIpc) is 2.38. The van der Waals surface area contributed by atoms with Crippen molar-refractivity contribution in [3.05, 3.63) is 0 Å². The molecule has 1 N–H and O–H groups in total. The first-order chi connectivity index (χ1) is 11.0. The molecule has 0 aromatic rings. The summed E-state index contributed by atoms with van der Waals surface area (Å²) in [5, 5.41) is 9.88. The molecule has 1 saturated carbocycles. The summed E-state index contributed by atoms with van der Waals surface area (Å²) in [4.78, 5) is 12.8. The van der Waals surface area contributed by atoms with Gasteiger partial charge in [-0.1, -0.05) is 41.5 Å². The highest BCUT2D eigenvalue weighted by molar-refractivity contribution is 6.74. The van der Waals surface area contributed by atoms with Gasteiger partial charge in [0.05, 0.1) is 6.61 Å². The monoisotopic (exact) mass is 388 g/mol. The number of hydrogen-bond acceptors (Lipinski definition) is 4. The fraction of sp³-hybridized carbons (Fsp3) is 0.947. The molecular formula is C19H40O4Si2.